The summed E-state index contributed by atoms with van der Waals surface area (Å²) in [6, 6.07) is 35.3. The van der Waals surface area contributed by atoms with E-state index in [2.05, 4.69) is 120 Å². The summed E-state index contributed by atoms with van der Waals surface area (Å²) in [5.74, 6) is 0. The minimum atomic E-state index is -0.141. The maximum Gasteiger partial charge on any atom is 0.0702 e. The summed E-state index contributed by atoms with van der Waals surface area (Å²) in [5.41, 5.74) is 11.9. The van der Waals surface area contributed by atoms with E-state index in [-0.39, 0.29) is 5.41 Å². The van der Waals surface area contributed by atoms with Gasteiger partial charge in [-0.3, -0.25) is 15.0 Å². The average Bonchev–Trinajstić information content (AvgIpc) is 3.27. The third-order valence-electron chi connectivity index (χ3n) is 8.63. The zero-order valence-electron chi connectivity index (χ0n) is 23.0. The van der Waals surface area contributed by atoms with E-state index in [0.717, 1.165) is 16.8 Å². The van der Waals surface area contributed by atoms with Crippen molar-refractivity contribution in [2.75, 3.05) is 0 Å². The summed E-state index contributed by atoms with van der Waals surface area (Å²) in [4.78, 5) is 13.1. The number of hydrogen-bond acceptors (Lipinski definition) is 3. The fraction of sp³-hybridized carbons (Fsp3) is 0.0789. The standard InChI is InChI=1S/C38H27N3/c1-38(2)33-22-31(30-20-28(24-8-13-39-14-9-24)19-29(21-30)25-10-15-40-16-11-25)17-26-6-7-27-18-32(35-5-3-4-12-41-35)23-34(38)37(27)36(26)33/h3-23H,1-2H3. The average molecular weight is 526 g/mol. The molecule has 1 aliphatic carbocycles. The molecule has 3 nitrogen and oxygen atoms in total. The van der Waals surface area contributed by atoms with Gasteiger partial charge in [-0.2, -0.15) is 0 Å². The van der Waals surface area contributed by atoms with Crippen LogP contribution in [0.15, 0.2) is 128 Å². The van der Waals surface area contributed by atoms with Crippen LogP contribution in [0.4, 0.5) is 0 Å². The van der Waals surface area contributed by atoms with Gasteiger partial charge >= 0.3 is 0 Å². The quantitative estimate of drug-likeness (QED) is 0.215. The Morgan fingerprint density at radius 3 is 1.46 bits per heavy atom. The molecule has 0 spiro atoms. The molecule has 41 heavy (non-hydrogen) atoms. The van der Waals surface area contributed by atoms with Crippen molar-refractivity contribution in [2.24, 2.45) is 0 Å². The summed E-state index contributed by atoms with van der Waals surface area (Å²) in [6.45, 7) is 4.72. The number of rotatable bonds is 4. The van der Waals surface area contributed by atoms with Gasteiger partial charge in [-0.25, -0.2) is 0 Å². The monoisotopic (exact) mass is 525 g/mol. The summed E-state index contributed by atoms with van der Waals surface area (Å²) in [6.07, 6.45) is 9.29. The van der Waals surface area contributed by atoms with Crippen molar-refractivity contribution < 1.29 is 0 Å². The van der Waals surface area contributed by atoms with Crippen molar-refractivity contribution in [2.45, 2.75) is 19.3 Å². The lowest BCUT2D eigenvalue weighted by molar-refractivity contribution is 0.663. The molecule has 1 aliphatic rings. The highest BCUT2D eigenvalue weighted by Crippen LogP contribution is 2.51. The van der Waals surface area contributed by atoms with E-state index >= 15 is 0 Å². The molecular weight excluding hydrogens is 498 g/mol. The second kappa shape index (κ2) is 8.94. The Hall–Kier alpha value is -5.15. The molecule has 0 atom stereocenters. The van der Waals surface area contributed by atoms with E-state index in [4.69, 9.17) is 0 Å². The van der Waals surface area contributed by atoms with Gasteiger partial charge < -0.3 is 0 Å². The number of nitrogens with zero attached hydrogens (tertiary/aromatic N) is 3. The molecule has 0 fully saturated rings. The highest BCUT2D eigenvalue weighted by atomic mass is 14.7. The van der Waals surface area contributed by atoms with E-state index in [1.54, 1.807) is 0 Å². The fourth-order valence-corrected chi connectivity index (χ4v) is 6.52. The van der Waals surface area contributed by atoms with Crippen LogP contribution in [0.25, 0.3) is 66.2 Å². The van der Waals surface area contributed by atoms with Crippen LogP contribution in [-0.4, -0.2) is 15.0 Å². The lowest BCUT2D eigenvalue weighted by Gasteiger charge is -2.23. The van der Waals surface area contributed by atoms with E-state index in [0.29, 0.717) is 0 Å². The Morgan fingerprint density at radius 2 is 0.927 bits per heavy atom. The lowest BCUT2D eigenvalue weighted by atomic mass is 9.80. The Balaban J connectivity index is 1.34. The van der Waals surface area contributed by atoms with Crippen LogP contribution in [0.2, 0.25) is 0 Å². The molecule has 3 heterocycles. The number of pyridine rings is 3. The lowest BCUT2D eigenvalue weighted by Crippen LogP contribution is -2.15. The van der Waals surface area contributed by atoms with Crippen LogP contribution in [-0.2, 0) is 5.41 Å². The first-order chi connectivity index (χ1) is 20.1. The van der Waals surface area contributed by atoms with Crippen LogP contribution in [0, 0.1) is 0 Å². The van der Waals surface area contributed by atoms with Gasteiger partial charge in [-0.05, 0) is 145 Å². The van der Waals surface area contributed by atoms with Crippen molar-refractivity contribution in [3.8, 4) is 44.6 Å². The van der Waals surface area contributed by atoms with Crippen LogP contribution in [0.1, 0.15) is 25.0 Å². The number of hydrogen-bond donors (Lipinski definition) is 0. The van der Waals surface area contributed by atoms with Gasteiger partial charge in [0, 0.05) is 42.0 Å². The second-order valence-electron chi connectivity index (χ2n) is 11.4. The fourth-order valence-electron chi connectivity index (χ4n) is 6.52. The van der Waals surface area contributed by atoms with Gasteiger partial charge in [-0.15, -0.1) is 0 Å². The molecule has 0 amide bonds. The Labute approximate surface area is 239 Å². The van der Waals surface area contributed by atoms with Crippen molar-refractivity contribution >= 4 is 21.5 Å². The molecule has 7 aromatic rings. The molecule has 8 rings (SSSR count). The molecule has 0 saturated carbocycles. The summed E-state index contributed by atoms with van der Waals surface area (Å²) in [7, 11) is 0. The summed E-state index contributed by atoms with van der Waals surface area (Å²) < 4.78 is 0. The minimum absolute atomic E-state index is 0.141. The minimum Gasteiger partial charge on any atom is -0.265 e. The van der Waals surface area contributed by atoms with Crippen LogP contribution < -0.4 is 0 Å². The molecular formula is C38H27N3. The van der Waals surface area contributed by atoms with Crippen molar-refractivity contribution in [1.29, 1.82) is 0 Å². The molecule has 4 aromatic carbocycles. The molecule has 0 bridgehead atoms. The van der Waals surface area contributed by atoms with E-state index in [1.807, 2.05) is 37.1 Å². The molecule has 0 N–H and O–H groups in total. The van der Waals surface area contributed by atoms with Gasteiger partial charge in [0.2, 0.25) is 0 Å². The van der Waals surface area contributed by atoms with Gasteiger partial charge in [0.15, 0.2) is 0 Å². The first kappa shape index (κ1) is 23.7. The molecule has 0 radical (unpaired) electrons. The second-order valence-corrected chi connectivity index (χ2v) is 11.4. The van der Waals surface area contributed by atoms with E-state index < -0.39 is 0 Å². The molecule has 3 heteroatoms. The topological polar surface area (TPSA) is 38.7 Å². The largest absolute Gasteiger partial charge is 0.265 e. The van der Waals surface area contributed by atoms with Crippen molar-refractivity contribution in [3.05, 3.63) is 139 Å². The third kappa shape index (κ3) is 3.77. The predicted molar refractivity (Wildman–Crippen MR) is 169 cm³/mol. The summed E-state index contributed by atoms with van der Waals surface area (Å²) >= 11 is 0. The molecule has 0 saturated heterocycles. The van der Waals surface area contributed by atoms with Crippen molar-refractivity contribution in [1.82, 2.24) is 15.0 Å². The zero-order valence-corrected chi connectivity index (χ0v) is 23.0. The normalized spacial score (nSPS) is 13.3. The Kier molecular flexibility index (Phi) is 5.17. The maximum absolute atomic E-state index is 4.65. The van der Waals surface area contributed by atoms with Crippen LogP contribution in [0.5, 0.6) is 0 Å². The molecule has 0 unspecified atom stereocenters. The first-order valence-corrected chi connectivity index (χ1v) is 14.0. The van der Waals surface area contributed by atoms with E-state index in [1.165, 1.54) is 60.5 Å². The van der Waals surface area contributed by atoms with Crippen LogP contribution in [0.3, 0.4) is 0 Å². The van der Waals surface area contributed by atoms with Gasteiger partial charge in [0.1, 0.15) is 0 Å². The van der Waals surface area contributed by atoms with Gasteiger partial charge in [-0.1, -0.05) is 32.0 Å². The van der Waals surface area contributed by atoms with Crippen molar-refractivity contribution in [3.63, 3.8) is 0 Å². The van der Waals surface area contributed by atoms with Gasteiger partial charge in [0.05, 0.1) is 5.69 Å². The maximum atomic E-state index is 4.65. The Bertz CT molecular complexity index is 2040. The molecule has 3 aromatic heterocycles. The summed E-state index contributed by atoms with van der Waals surface area (Å²) in [5, 5.41) is 5.30. The van der Waals surface area contributed by atoms with Crippen LogP contribution >= 0.6 is 0 Å². The first-order valence-electron chi connectivity index (χ1n) is 14.0. The molecule has 0 aliphatic heterocycles. The van der Waals surface area contributed by atoms with Gasteiger partial charge in [0.25, 0.3) is 0 Å². The number of benzene rings is 4. The van der Waals surface area contributed by atoms with E-state index in [9.17, 15) is 0 Å². The SMILES string of the molecule is CC1(C)c2cc(-c3cc(-c4ccncc4)cc(-c4ccncc4)c3)cc3ccc4cc(-c5ccccn5)cc1c4c23. The Morgan fingerprint density at radius 1 is 0.439 bits per heavy atom. The zero-order chi connectivity index (χ0) is 27.6. The third-order valence-corrected chi connectivity index (χ3v) is 8.63. The predicted octanol–water partition coefficient (Wildman–Crippen LogP) is 9.49. The smallest absolute Gasteiger partial charge is 0.0702 e. The number of aromatic nitrogens is 3. The molecule has 194 valence electrons. The highest BCUT2D eigenvalue weighted by molar-refractivity contribution is 6.16. The highest BCUT2D eigenvalue weighted by Gasteiger charge is 2.35.